The second-order valence-electron chi connectivity index (χ2n) is 3.79. The van der Waals surface area contributed by atoms with Crippen molar-refractivity contribution in [1.82, 2.24) is 24.5 Å². The van der Waals surface area contributed by atoms with Gasteiger partial charge in [0.25, 0.3) is 0 Å². The molecule has 0 amide bonds. The second-order valence-corrected chi connectivity index (χ2v) is 3.79. The van der Waals surface area contributed by atoms with Crippen LogP contribution in [0, 0.1) is 13.8 Å². The number of hydrogen-bond donors (Lipinski definition) is 1. The summed E-state index contributed by atoms with van der Waals surface area (Å²) in [5.41, 5.74) is 5.53. The van der Waals surface area contributed by atoms with Crippen LogP contribution in [0.25, 0.3) is 0 Å². The number of nitrogens with zero attached hydrogens (tertiary/aromatic N) is 5. The first-order valence-corrected chi connectivity index (χ1v) is 5.32. The Hall–Kier alpha value is -1.85. The molecule has 0 radical (unpaired) electrons. The Balaban J connectivity index is 1.86. The van der Waals surface area contributed by atoms with Gasteiger partial charge in [0, 0.05) is 19.3 Å². The van der Waals surface area contributed by atoms with E-state index < -0.39 is 0 Å². The van der Waals surface area contributed by atoms with Gasteiger partial charge in [-0.2, -0.15) is 10.2 Å². The predicted molar refractivity (Wildman–Crippen MR) is 60.8 cm³/mol. The van der Waals surface area contributed by atoms with E-state index in [4.69, 9.17) is 5.73 Å². The van der Waals surface area contributed by atoms with Gasteiger partial charge in [-0.05, 0) is 26.3 Å². The molecular weight excluding hydrogens is 204 g/mol. The molecule has 16 heavy (non-hydrogen) atoms. The van der Waals surface area contributed by atoms with Gasteiger partial charge in [0.2, 0.25) is 0 Å². The molecule has 0 unspecified atom stereocenters. The highest BCUT2D eigenvalue weighted by atomic mass is 15.3. The van der Waals surface area contributed by atoms with Crippen molar-refractivity contribution in [2.75, 3.05) is 5.73 Å². The number of hydrogen-bond acceptors (Lipinski definition) is 4. The quantitative estimate of drug-likeness (QED) is 0.825. The summed E-state index contributed by atoms with van der Waals surface area (Å²) in [5.74, 6) is 2.34. The third kappa shape index (κ3) is 2.39. The maximum atomic E-state index is 5.53. The molecule has 2 rings (SSSR count). The molecule has 0 aliphatic rings. The van der Waals surface area contributed by atoms with Gasteiger partial charge < -0.3 is 5.73 Å². The number of nitrogen functional groups attached to an aromatic ring is 1. The van der Waals surface area contributed by atoms with Crippen molar-refractivity contribution in [3.8, 4) is 0 Å². The molecule has 0 bridgehead atoms. The SMILES string of the molecule is Cc1nc(C)n(CCCn2ccc(N)n2)n1. The number of aromatic nitrogens is 5. The van der Waals surface area contributed by atoms with E-state index in [0.29, 0.717) is 5.82 Å². The van der Waals surface area contributed by atoms with Gasteiger partial charge in [0.05, 0.1) is 0 Å². The fourth-order valence-corrected chi connectivity index (χ4v) is 1.66. The molecule has 6 heteroatoms. The fraction of sp³-hybridized carbons (Fsp3) is 0.500. The first-order chi connectivity index (χ1) is 7.65. The molecule has 0 atom stereocenters. The molecule has 0 aliphatic carbocycles. The van der Waals surface area contributed by atoms with Gasteiger partial charge in [-0.1, -0.05) is 0 Å². The molecule has 0 spiro atoms. The van der Waals surface area contributed by atoms with Crippen molar-refractivity contribution in [2.24, 2.45) is 0 Å². The summed E-state index contributed by atoms with van der Waals surface area (Å²) in [6, 6.07) is 1.80. The van der Waals surface area contributed by atoms with Gasteiger partial charge in [0.15, 0.2) is 0 Å². The van der Waals surface area contributed by atoms with Gasteiger partial charge in [-0.25, -0.2) is 4.98 Å². The van der Waals surface area contributed by atoms with Gasteiger partial charge in [-0.15, -0.1) is 0 Å². The predicted octanol–water partition coefficient (Wildman–Crippen LogP) is 0.764. The summed E-state index contributed by atoms with van der Waals surface area (Å²) >= 11 is 0. The lowest BCUT2D eigenvalue weighted by Gasteiger charge is -2.03. The summed E-state index contributed by atoms with van der Waals surface area (Å²) in [7, 11) is 0. The van der Waals surface area contributed by atoms with E-state index in [2.05, 4.69) is 15.2 Å². The zero-order valence-electron chi connectivity index (χ0n) is 9.59. The van der Waals surface area contributed by atoms with E-state index in [0.717, 1.165) is 31.2 Å². The number of rotatable bonds is 4. The monoisotopic (exact) mass is 220 g/mol. The van der Waals surface area contributed by atoms with Crippen molar-refractivity contribution in [3.05, 3.63) is 23.9 Å². The summed E-state index contributed by atoms with van der Waals surface area (Å²) in [6.07, 6.45) is 2.85. The summed E-state index contributed by atoms with van der Waals surface area (Å²) in [6.45, 7) is 5.56. The highest BCUT2D eigenvalue weighted by Gasteiger charge is 2.02. The van der Waals surface area contributed by atoms with E-state index >= 15 is 0 Å². The molecule has 2 aromatic heterocycles. The minimum absolute atomic E-state index is 0.563. The topological polar surface area (TPSA) is 74.5 Å². The molecule has 6 nitrogen and oxygen atoms in total. The van der Waals surface area contributed by atoms with E-state index in [1.807, 2.05) is 29.4 Å². The summed E-state index contributed by atoms with van der Waals surface area (Å²) in [5, 5.41) is 8.42. The van der Waals surface area contributed by atoms with E-state index in [1.54, 1.807) is 6.07 Å². The zero-order chi connectivity index (χ0) is 11.5. The van der Waals surface area contributed by atoms with Crippen LogP contribution in [0.15, 0.2) is 12.3 Å². The smallest absolute Gasteiger partial charge is 0.147 e. The van der Waals surface area contributed by atoms with Crippen LogP contribution in [0.4, 0.5) is 5.82 Å². The standard InChI is InChI=1S/C10H16N6/c1-8-12-9(2)16(13-8)6-3-5-15-7-4-10(11)14-15/h4,7H,3,5-6H2,1-2H3,(H2,11,14). The average molecular weight is 220 g/mol. The Labute approximate surface area is 94.1 Å². The Morgan fingerprint density at radius 2 is 2.06 bits per heavy atom. The Kier molecular flexibility index (Phi) is 2.89. The van der Waals surface area contributed by atoms with Gasteiger partial charge >= 0.3 is 0 Å². The minimum Gasteiger partial charge on any atom is -0.382 e. The second kappa shape index (κ2) is 4.34. The van der Waals surface area contributed by atoms with E-state index in [1.165, 1.54) is 0 Å². The summed E-state index contributed by atoms with van der Waals surface area (Å²) < 4.78 is 3.76. The van der Waals surface area contributed by atoms with Gasteiger partial charge in [0.1, 0.15) is 17.5 Å². The maximum Gasteiger partial charge on any atom is 0.147 e. The number of aryl methyl sites for hydroxylation is 4. The van der Waals surface area contributed by atoms with Crippen LogP contribution in [-0.2, 0) is 13.1 Å². The van der Waals surface area contributed by atoms with Crippen LogP contribution in [-0.4, -0.2) is 24.5 Å². The first-order valence-electron chi connectivity index (χ1n) is 5.32. The third-order valence-corrected chi connectivity index (χ3v) is 2.38. The fourth-order valence-electron chi connectivity index (χ4n) is 1.66. The first kappa shape index (κ1) is 10.7. The summed E-state index contributed by atoms with van der Waals surface area (Å²) in [4.78, 5) is 4.25. The lowest BCUT2D eigenvalue weighted by atomic mass is 10.4. The Morgan fingerprint density at radius 3 is 2.62 bits per heavy atom. The highest BCUT2D eigenvalue weighted by molar-refractivity contribution is 5.23. The lowest BCUT2D eigenvalue weighted by molar-refractivity contribution is 0.493. The number of nitrogens with two attached hydrogens (primary N) is 1. The molecule has 0 fully saturated rings. The van der Waals surface area contributed by atoms with Crippen LogP contribution >= 0.6 is 0 Å². The third-order valence-electron chi connectivity index (χ3n) is 2.38. The van der Waals surface area contributed by atoms with Crippen molar-refractivity contribution >= 4 is 5.82 Å². The molecule has 0 saturated carbocycles. The Morgan fingerprint density at radius 1 is 1.25 bits per heavy atom. The van der Waals surface area contributed by atoms with Gasteiger partial charge in [-0.3, -0.25) is 9.36 Å². The van der Waals surface area contributed by atoms with Crippen LogP contribution in [0.2, 0.25) is 0 Å². The highest BCUT2D eigenvalue weighted by Crippen LogP contribution is 2.01. The molecular formula is C10H16N6. The maximum absolute atomic E-state index is 5.53. The van der Waals surface area contributed by atoms with Crippen molar-refractivity contribution < 1.29 is 0 Å². The molecule has 0 saturated heterocycles. The normalized spacial score (nSPS) is 10.9. The van der Waals surface area contributed by atoms with E-state index in [9.17, 15) is 0 Å². The van der Waals surface area contributed by atoms with Crippen LogP contribution in [0.3, 0.4) is 0 Å². The van der Waals surface area contributed by atoms with Crippen LogP contribution < -0.4 is 5.73 Å². The molecule has 2 N–H and O–H groups in total. The van der Waals surface area contributed by atoms with Crippen molar-refractivity contribution in [2.45, 2.75) is 33.4 Å². The molecule has 2 heterocycles. The van der Waals surface area contributed by atoms with Crippen molar-refractivity contribution in [1.29, 1.82) is 0 Å². The zero-order valence-corrected chi connectivity index (χ0v) is 9.59. The van der Waals surface area contributed by atoms with Crippen molar-refractivity contribution in [3.63, 3.8) is 0 Å². The van der Waals surface area contributed by atoms with E-state index in [-0.39, 0.29) is 0 Å². The molecule has 0 aliphatic heterocycles. The Bertz CT molecular complexity index is 469. The number of anilines is 1. The minimum atomic E-state index is 0.563. The largest absolute Gasteiger partial charge is 0.382 e. The molecule has 0 aromatic carbocycles. The van der Waals surface area contributed by atoms with Crippen LogP contribution in [0.1, 0.15) is 18.1 Å². The van der Waals surface area contributed by atoms with Crippen LogP contribution in [0.5, 0.6) is 0 Å². The molecule has 2 aromatic rings. The molecule has 86 valence electrons. The average Bonchev–Trinajstić information content (AvgIpc) is 2.74. The lowest BCUT2D eigenvalue weighted by Crippen LogP contribution is -2.07.